The number of benzene rings is 5. The molecule has 0 atom stereocenters. The van der Waals surface area contributed by atoms with Crippen molar-refractivity contribution in [1.29, 1.82) is 0 Å². The lowest BCUT2D eigenvalue weighted by Crippen LogP contribution is -2.10. The monoisotopic (exact) mass is 554 g/mol. The molecule has 0 spiro atoms. The molecule has 0 aromatic heterocycles. The van der Waals surface area contributed by atoms with Gasteiger partial charge in [-0.25, -0.2) is 4.79 Å². The van der Waals surface area contributed by atoms with Crippen molar-refractivity contribution in [3.63, 3.8) is 0 Å². The van der Waals surface area contributed by atoms with Gasteiger partial charge in [0.2, 0.25) is 0 Å². The zero-order valence-corrected chi connectivity index (χ0v) is 24.1. The summed E-state index contributed by atoms with van der Waals surface area (Å²) in [6.45, 7) is 6.08. The number of rotatable bonds is 10. The highest BCUT2D eigenvalue weighted by Gasteiger charge is 2.09. The summed E-state index contributed by atoms with van der Waals surface area (Å²) in [5, 5.41) is 8.89. The quantitative estimate of drug-likeness (QED) is 0.187. The van der Waals surface area contributed by atoms with E-state index in [-0.39, 0.29) is 6.61 Å². The lowest BCUT2D eigenvalue weighted by molar-refractivity contribution is -0.139. The van der Waals surface area contributed by atoms with Crippen LogP contribution < -0.4 is 9.47 Å². The fourth-order valence-corrected chi connectivity index (χ4v) is 4.97. The van der Waals surface area contributed by atoms with Crippen LogP contribution in [0.25, 0.3) is 27.8 Å². The maximum atomic E-state index is 10.8. The van der Waals surface area contributed by atoms with Gasteiger partial charge in [0, 0.05) is 0 Å². The first-order chi connectivity index (χ1) is 20.4. The number of carboxylic acid groups (broad SMARTS) is 1. The van der Waals surface area contributed by atoms with E-state index >= 15 is 0 Å². The smallest absolute Gasteiger partial charge is 0.341 e. The normalized spacial score (nSPS) is 10.6. The van der Waals surface area contributed by atoms with Crippen LogP contribution in [0.3, 0.4) is 0 Å². The molecule has 0 fully saturated rings. The van der Waals surface area contributed by atoms with Gasteiger partial charge in [0.1, 0.15) is 18.1 Å². The zero-order valence-electron chi connectivity index (χ0n) is 24.1. The molecule has 0 aliphatic carbocycles. The summed E-state index contributed by atoms with van der Waals surface area (Å²) in [6.07, 6.45) is 2.10. The van der Waals surface area contributed by atoms with Gasteiger partial charge >= 0.3 is 5.97 Å². The Hall–Kier alpha value is -5.09. The van der Waals surface area contributed by atoms with Gasteiger partial charge in [-0.1, -0.05) is 108 Å². The molecular formula is C38H34O4. The number of aryl methyl sites for hydroxylation is 3. The van der Waals surface area contributed by atoms with Crippen molar-refractivity contribution >= 4 is 11.5 Å². The zero-order chi connectivity index (χ0) is 29.5. The largest absolute Gasteiger partial charge is 0.489 e. The SMILES string of the molecule is Cc1cccc(-c2ccc(C(=CCOc3ccc(OCC(=O)O)c(C)c3)c3ccc(-c4cccc(C)c4)cc3)cc2)c1. The van der Waals surface area contributed by atoms with E-state index in [1.54, 1.807) is 12.1 Å². The first kappa shape index (κ1) is 28.4. The van der Waals surface area contributed by atoms with Crippen molar-refractivity contribution in [1.82, 2.24) is 0 Å². The summed E-state index contributed by atoms with van der Waals surface area (Å²) in [6, 6.07) is 39.8. The van der Waals surface area contributed by atoms with Crippen molar-refractivity contribution in [2.75, 3.05) is 13.2 Å². The fourth-order valence-electron chi connectivity index (χ4n) is 4.97. The summed E-state index contributed by atoms with van der Waals surface area (Å²) >= 11 is 0. The molecule has 5 rings (SSSR count). The van der Waals surface area contributed by atoms with E-state index < -0.39 is 5.97 Å². The second-order valence-corrected chi connectivity index (χ2v) is 10.4. The Labute approximate surface area is 247 Å². The number of hydrogen-bond acceptors (Lipinski definition) is 3. The van der Waals surface area contributed by atoms with Crippen LogP contribution in [0.1, 0.15) is 27.8 Å². The summed E-state index contributed by atoms with van der Waals surface area (Å²) in [4.78, 5) is 10.8. The van der Waals surface area contributed by atoms with Gasteiger partial charge in [-0.3, -0.25) is 0 Å². The molecule has 0 amide bonds. The van der Waals surface area contributed by atoms with Crippen molar-refractivity contribution < 1.29 is 19.4 Å². The highest BCUT2D eigenvalue weighted by molar-refractivity contribution is 5.82. The molecule has 0 heterocycles. The predicted molar refractivity (Wildman–Crippen MR) is 170 cm³/mol. The van der Waals surface area contributed by atoms with Gasteiger partial charge in [-0.05, 0) is 89.6 Å². The van der Waals surface area contributed by atoms with Gasteiger partial charge in [0.05, 0.1) is 0 Å². The molecule has 0 aliphatic rings. The first-order valence-electron chi connectivity index (χ1n) is 14.0. The van der Waals surface area contributed by atoms with Crippen LogP contribution in [0, 0.1) is 20.8 Å². The van der Waals surface area contributed by atoms with Gasteiger partial charge in [0.15, 0.2) is 6.61 Å². The lowest BCUT2D eigenvalue weighted by atomic mass is 9.93. The number of carboxylic acids is 1. The predicted octanol–water partition coefficient (Wildman–Crippen LogP) is 8.92. The van der Waals surface area contributed by atoms with Crippen LogP contribution in [0.2, 0.25) is 0 Å². The molecule has 0 saturated heterocycles. The minimum absolute atomic E-state index is 0.364. The minimum Gasteiger partial charge on any atom is -0.489 e. The van der Waals surface area contributed by atoms with Gasteiger partial charge < -0.3 is 14.6 Å². The highest BCUT2D eigenvalue weighted by atomic mass is 16.5. The summed E-state index contributed by atoms with van der Waals surface area (Å²) < 4.78 is 11.4. The molecule has 0 unspecified atom stereocenters. The molecule has 4 heteroatoms. The maximum Gasteiger partial charge on any atom is 0.341 e. The van der Waals surface area contributed by atoms with Crippen LogP contribution in [-0.2, 0) is 4.79 Å². The van der Waals surface area contributed by atoms with E-state index in [2.05, 4.69) is 117 Å². The average molecular weight is 555 g/mol. The topological polar surface area (TPSA) is 55.8 Å². The first-order valence-corrected chi connectivity index (χ1v) is 14.0. The Morgan fingerprint density at radius 1 is 0.643 bits per heavy atom. The van der Waals surface area contributed by atoms with Crippen LogP contribution in [0.4, 0.5) is 0 Å². The van der Waals surface area contributed by atoms with Crippen LogP contribution in [-0.4, -0.2) is 24.3 Å². The van der Waals surface area contributed by atoms with Crippen molar-refractivity contribution in [3.8, 4) is 33.8 Å². The lowest BCUT2D eigenvalue weighted by Gasteiger charge is -2.13. The molecule has 210 valence electrons. The van der Waals surface area contributed by atoms with E-state index in [0.29, 0.717) is 18.1 Å². The standard InChI is InChI=1S/C38H34O4/c1-26-6-4-8-33(22-26)29-10-14-31(15-11-29)36(32-16-12-30(13-17-32)34-9-5-7-27(2)23-34)20-21-41-35-18-19-37(28(3)24-35)42-25-38(39)40/h4-20,22-24H,21,25H2,1-3H3,(H,39,40). The Balaban J connectivity index is 1.41. The molecule has 0 aliphatic heterocycles. The minimum atomic E-state index is -1.01. The molecular weight excluding hydrogens is 520 g/mol. The summed E-state index contributed by atoms with van der Waals surface area (Å²) in [5.74, 6) is 0.213. The van der Waals surface area contributed by atoms with E-state index in [1.165, 1.54) is 33.4 Å². The van der Waals surface area contributed by atoms with Gasteiger partial charge in [0.25, 0.3) is 0 Å². The second-order valence-electron chi connectivity index (χ2n) is 10.4. The Morgan fingerprint density at radius 3 is 1.67 bits per heavy atom. The summed E-state index contributed by atoms with van der Waals surface area (Å²) in [5.41, 5.74) is 11.3. The number of ether oxygens (including phenoxy) is 2. The number of carbonyl (C=O) groups is 1. The summed E-state index contributed by atoms with van der Waals surface area (Å²) in [7, 11) is 0. The van der Waals surface area contributed by atoms with Crippen molar-refractivity contribution in [2.24, 2.45) is 0 Å². The number of aliphatic carboxylic acids is 1. The van der Waals surface area contributed by atoms with Gasteiger partial charge in [-0.15, -0.1) is 0 Å². The Bertz CT molecular complexity index is 1620. The Morgan fingerprint density at radius 2 is 1.19 bits per heavy atom. The molecule has 5 aromatic rings. The fraction of sp³-hybridized carbons (Fsp3) is 0.132. The molecule has 0 bridgehead atoms. The van der Waals surface area contributed by atoms with E-state index in [4.69, 9.17) is 14.6 Å². The van der Waals surface area contributed by atoms with Crippen LogP contribution >= 0.6 is 0 Å². The van der Waals surface area contributed by atoms with Crippen molar-refractivity contribution in [2.45, 2.75) is 20.8 Å². The van der Waals surface area contributed by atoms with Gasteiger partial charge in [-0.2, -0.15) is 0 Å². The third kappa shape index (κ3) is 7.15. The molecule has 0 saturated carbocycles. The molecule has 1 N–H and O–H groups in total. The molecule has 42 heavy (non-hydrogen) atoms. The molecule has 0 radical (unpaired) electrons. The average Bonchev–Trinajstić information content (AvgIpc) is 2.99. The van der Waals surface area contributed by atoms with E-state index in [0.717, 1.165) is 22.3 Å². The highest BCUT2D eigenvalue weighted by Crippen LogP contribution is 2.30. The number of hydrogen-bond donors (Lipinski definition) is 1. The van der Waals surface area contributed by atoms with Crippen LogP contribution in [0.15, 0.2) is 121 Å². The second kappa shape index (κ2) is 13.0. The Kier molecular flexibility index (Phi) is 8.84. The van der Waals surface area contributed by atoms with E-state index in [9.17, 15) is 4.79 Å². The third-order valence-electron chi connectivity index (χ3n) is 7.13. The maximum absolute atomic E-state index is 10.8. The van der Waals surface area contributed by atoms with Crippen LogP contribution in [0.5, 0.6) is 11.5 Å². The van der Waals surface area contributed by atoms with Crippen molar-refractivity contribution in [3.05, 3.63) is 149 Å². The molecule has 4 nitrogen and oxygen atoms in total. The third-order valence-corrected chi connectivity index (χ3v) is 7.13. The molecule has 5 aromatic carbocycles. The van der Waals surface area contributed by atoms with E-state index in [1.807, 2.05) is 13.0 Å².